The number of aliphatic imine (C=N–C) groups is 1. The number of hydrogen-bond acceptors (Lipinski definition) is 4. The Morgan fingerprint density at radius 3 is 2.85 bits per heavy atom. The molecule has 1 fully saturated rings. The maximum atomic E-state index is 11.6. The Morgan fingerprint density at radius 2 is 2.19 bits per heavy atom. The highest BCUT2D eigenvalue weighted by Crippen LogP contribution is 2.12. The molecule has 3 rings (SSSR count). The number of rotatable bonds is 4. The number of amides is 1. The van der Waals surface area contributed by atoms with Crippen molar-refractivity contribution in [3.05, 3.63) is 35.8 Å². The minimum absolute atomic E-state index is 0.251. The standard InChI is InChI=1S/C19H28N6O2/c1-14-5-4-10-25-13-16(22-17(14)25)6-9-21-18(20-2)23-15-7-11-24(12-8-15)19(26)27-3/h4-5,10,13,15H,6-9,11-12H2,1-3H3,(H2,20,21,23). The maximum Gasteiger partial charge on any atom is 0.409 e. The Labute approximate surface area is 159 Å². The summed E-state index contributed by atoms with van der Waals surface area (Å²) in [6, 6.07) is 4.40. The van der Waals surface area contributed by atoms with E-state index in [0.717, 1.165) is 43.1 Å². The van der Waals surface area contributed by atoms with Gasteiger partial charge in [0.25, 0.3) is 0 Å². The number of aryl methyl sites for hydroxylation is 1. The van der Waals surface area contributed by atoms with Crippen molar-refractivity contribution in [2.75, 3.05) is 33.8 Å². The Balaban J connectivity index is 1.45. The Morgan fingerprint density at radius 1 is 1.41 bits per heavy atom. The van der Waals surface area contributed by atoms with Gasteiger partial charge in [0.15, 0.2) is 5.96 Å². The first-order chi connectivity index (χ1) is 13.1. The summed E-state index contributed by atoms with van der Waals surface area (Å²) >= 11 is 0. The van der Waals surface area contributed by atoms with Crippen LogP contribution in [0.15, 0.2) is 29.5 Å². The van der Waals surface area contributed by atoms with Gasteiger partial charge in [-0.15, -0.1) is 0 Å². The molecule has 8 nitrogen and oxygen atoms in total. The zero-order valence-corrected chi connectivity index (χ0v) is 16.2. The van der Waals surface area contributed by atoms with Crippen LogP contribution in [0.5, 0.6) is 0 Å². The summed E-state index contributed by atoms with van der Waals surface area (Å²) in [7, 11) is 3.19. The second-order valence-corrected chi connectivity index (χ2v) is 6.78. The van der Waals surface area contributed by atoms with Crippen LogP contribution in [0.2, 0.25) is 0 Å². The number of aromatic nitrogens is 2. The van der Waals surface area contributed by atoms with E-state index in [2.05, 4.69) is 39.2 Å². The Bertz CT molecular complexity index is 808. The van der Waals surface area contributed by atoms with Gasteiger partial charge in [-0.05, 0) is 31.4 Å². The molecule has 1 saturated heterocycles. The van der Waals surface area contributed by atoms with E-state index in [9.17, 15) is 4.79 Å². The summed E-state index contributed by atoms with van der Waals surface area (Å²) in [5.74, 6) is 0.784. The van der Waals surface area contributed by atoms with Gasteiger partial charge in [-0.25, -0.2) is 9.78 Å². The minimum atomic E-state index is -0.251. The first kappa shape index (κ1) is 19.0. The summed E-state index contributed by atoms with van der Waals surface area (Å²) in [4.78, 5) is 22.3. The topological polar surface area (TPSA) is 83.3 Å². The van der Waals surface area contributed by atoms with E-state index in [4.69, 9.17) is 9.72 Å². The smallest absolute Gasteiger partial charge is 0.409 e. The third kappa shape index (κ3) is 4.69. The molecule has 0 aromatic carbocycles. The molecule has 146 valence electrons. The van der Waals surface area contributed by atoms with Crippen LogP contribution in [-0.2, 0) is 11.2 Å². The third-order valence-electron chi connectivity index (χ3n) is 4.89. The van der Waals surface area contributed by atoms with Crippen LogP contribution < -0.4 is 10.6 Å². The normalized spacial score (nSPS) is 15.8. The first-order valence-electron chi connectivity index (χ1n) is 9.34. The fourth-order valence-corrected chi connectivity index (χ4v) is 3.36. The lowest BCUT2D eigenvalue weighted by atomic mass is 10.1. The molecular formula is C19H28N6O2. The van der Waals surface area contributed by atoms with Gasteiger partial charge in [-0.3, -0.25) is 4.99 Å². The number of piperidine rings is 1. The number of guanidine groups is 1. The lowest BCUT2D eigenvalue weighted by Gasteiger charge is -2.32. The van der Waals surface area contributed by atoms with E-state index in [1.54, 1.807) is 11.9 Å². The summed E-state index contributed by atoms with van der Waals surface area (Å²) in [6.07, 6.45) is 6.42. The number of nitrogens with one attached hydrogen (secondary N) is 2. The number of carbonyl (C=O) groups excluding carboxylic acids is 1. The Hall–Kier alpha value is -2.77. The van der Waals surface area contributed by atoms with Crippen LogP contribution in [0.4, 0.5) is 4.79 Å². The first-order valence-corrected chi connectivity index (χ1v) is 9.34. The summed E-state index contributed by atoms with van der Waals surface area (Å²) in [6.45, 7) is 4.22. The molecule has 1 aliphatic heterocycles. The molecule has 0 radical (unpaired) electrons. The van der Waals surface area contributed by atoms with E-state index in [0.29, 0.717) is 19.1 Å². The molecule has 3 heterocycles. The predicted molar refractivity (Wildman–Crippen MR) is 105 cm³/mol. The maximum absolute atomic E-state index is 11.6. The quantitative estimate of drug-likeness (QED) is 0.629. The number of methoxy groups -OCH3 is 1. The average molecular weight is 372 g/mol. The van der Waals surface area contributed by atoms with Gasteiger partial charge in [-0.1, -0.05) is 6.07 Å². The molecule has 0 saturated carbocycles. The van der Waals surface area contributed by atoms with Gasteiger partial charge in [0, 0.05) is 51.5 Å². The van der Waals surface area contributed by atoms with Gasteiger partial charge in [0.05, 0.1) is 12.8 Å². The molecular weight excluding hydrogens is 344 g/mol. The number of likely N-dealkylation sites (tertiary alicyclic amines) is 1. The van der Waals surface area contributed by atoms with E-state index in [-0.39, 0.29) is 6.09 Å². The van der Waals surface area contributed by atoms with Crippen molar-refractivity contribution in [3.8, 4) is 0 Å². The van der Waals surface area contributed by atoms with Crippen molar-refractivity contribution < 1.29 is 9.53 Å². The molecule has 27 heavy (non-hydrogen) atoms. The van der Waals surface area contributed by atoms with Crippen LogP contribution in [0.1, 0.15) is 24.1 Å². The molecule has 0 unspecified atom stereocenters. The Kier molecular flexibility index (Phi) is 6.16. The number of fused-ring (bicyclic) bond motifs is 1. The van der Waals surface area contributed by atoms with Crippen LogP contribution in [0.3, 0.4) is 0 Å². The predicted octanol–water partition coefficient (Wildman–Crippen LogP) is 1.58. The second-order valence-electron chi connectivity index (χ2n) is 6.78. The number of carbonyl (C=O) groups is 1. The van der Waals surface area contributed by atoms with E-state index >= 15 is 0 Å². The van der Waals surface area contributed by atoms with Crippen molar-refractivity contribution in [1.29, 1.82) is 0 Å². The van der Waals surface area contributed by atoms with Crippen molar-refractivity contribution in [2.24, 2.45) is 4.99 Å². The highest BCUT2D eigenvalue weighted by Gasteiger charge is 2.23. The van der Waals surface area contributed by atoms with Crippen molar-refractivity contribution in [3.63, 3.8) is 0 Å². The monoisotopic (exact) mass is 372 g/mol. The third-order valence-corrected chi connectivity index (χ3v) is 4.89. The van der Waals surface area contributed by atoms with Crippen LogP contribution in [0.25, 0.3) is 5.65 Å². The van der Waals surface area contributed by atoms with Crippen molar-refractivity contribution >= 4 is 17.7 Å². The number of ether oxygens (including phenoxy) is 1. The largest absolute Gasteiger partial charge is 0.453 e. The van der Waals surface area contributed by atoms with Gasteiger partial charge in [-0.2, -0.15) is 0 Å². The van der Waals surface area contributed by atoms with Gasteiger partial charge in [0.1, 0.15) is 5.65 Å². The highest BCUT2D eigenvalue weighted by molar-refractivity contribution is 5.80. The van der Waals surface area contributed by atoms with Crippen molar-refractivity contribution in [1.82, 2.24) is 24.9 Å². The molecule has 0 atom stereocenters. The number of hydrogen-bond donors (Lipinski definition) is 2. The molecule has 2 aromatic rings. The molecule has 1 amide bonds. The molecule has 0 aliphatic carbocycles. The average Bonchev–Trinajstić information content (AvgIpc) is 3.11. The van der Waals surface area contributed by atoms with E-state index < -0.39 is 0 Å². The lowest BCUT2D eigenvalue weighted by molar-refractivity contribution is 0.111. The highest BCUT2D eigenvalue weighted by atomic mass is 16.5. The summed E-state index contributed by atoms with van der Waals surface area (Å²) < 4.78 is 6.84. The minimum Gasteiger partial charge on any atom is -0.453 e. The summed E-state index contributed by atoms with van der Waals surface area (Å²) in [5.41, 5.74) is 3.23. The van der Waals surface area contributed by atoms with Gasteiger partial charge >= 0.3 is 6.09 Å². The zero-order chi connectivity index (χ0) is 19.2. The molecule has 2 aromatic heterocycles. The fourth-order valence-electron chi connectivity index (χ4n) is 3.36. The van der Waals surface area contributed by atoms with Crippen LogP contribution in [-0.4, -0.2) is 66.2 Å². The molecule has 0 bridgehead atoms. The summed E-state index contributed by atoms with van der Waals surface area (Å²) in [5, 5.41) is 6.79. The van der Waals surface area contributed by atoms with Gasteiger partial charge in [0.2, 0.25) is 0 Å². The van der Waals surface area contributed by atoms with E-state index in [1.165, 1.54) is 12.7 Å². The number of nitrogens with zero attached hydrogens (tertiary/aromatic N) is 4. The van der Waals surface area contributed by atoms with Crippen LogP contribution in [0, 0.1) is 6.92 Å². The fraction of sp³-hybridized carbons (Fsp3) is 0.526. The zero-order valence-electron chi connectivity index (χ0n) is 16.2. The molecule has 8 heteroatoms. The van der Waals surface area contributed by atoms with Crippen molar-refractivity contribution in [2.45, 2.75) is 32.2 Å². The van der Waals surface area contributed by atoms with Gasteiger partial charge < -0.3 is 24.7 Å². The number of imidazole rings is 1. The SMILES string of the molecule is CN=C(NCCc1cn2cccc(C)c2n1)NC1CCN(C(=O)OC)CC1. The molecule has 2 N–H and O–H groups in total. The lowest BCUT2D eigenvalue weighted by Crippen LogP contribution is -2.50. The van der Waals surface area contributed by atoms with Crippen LogP contribution >= 0.6 is 0 Å². The number of pyridine rings is 1. The molecule has 0 spiro atoms. The molecule has 1 aliphatic rings. The van der Waals surface area contributed by atoms with E-state index in [1.807, 2.05) is 12.3 Å². The second kappa shape index (κ2) is 8.75.